The van der Waals surface area contributed by atoms with Crippen molar-refractivity contribution >= 4 is 39.3 Å². The summed E-state index contributed by atoms with van der Waals surface area (Å²) < 4.78 is 24.1. The normalized spacial score (nSPS) is 18.4. The van der Waals surface area contributed by atoms with E-state index in [1.54, 1.807) is 30.3 Å². The molecule has 12 heteroatoms. The molecule has 3 aromatic rings. The molecule has 1 aliphatic heterocycles. The van der Waals surface area contributed by atoms with E-state index in [1.165, 1.54) is 32.3 Å². The monoisotopic (exact) mass is 441 g/mol. The van der Waals surface area contributed by atoms with Crippen LogP contribution in [0.15, 0.2) is 53.7 Å². The quantitative estimate of drug-likeness (QED) is 0.468. The predicted molar refractivity (Wildman–Crippen MR) is 113 cm³/mol. The summed E-state index contributed by atoms with van der Waals surface area (Å²) in [6, 6.07) is 11.4. The van der Waals surface area contributed by atoms with Crippen LogP contribution >= 0.6 is 0 Å². The topological polar surface area (TPSA) is 159 Å². The molecule has 2 aromatic heterocycles. The molecule has 0 aliphatic carbocycles. The van der Waals surface area contributed by atoms with Crippen molar-refractivity contribution in [1.82, 2.24) is 19.9 Å². The number of nitrogens with zero attached hydrogens (tertiary/aromatic N) is 4. The second kappa shape index (κ2) is 7.56. The molecule has 1 atom stereocenters. The van der Waals surface area contributed by atoms with Crippen LogP contribution in [0.2, 0.25) is 0 Å². The Morgan fingerprint density at radius 2 is 1.77 bits per heavy atom. The average molecular weight is 441 g/mol. The Morgan fingerprint density at radius 1 is 1.06 bits per heavy atom. The van der Waals surface area contributed by atoms with Gasteiger partial charge in [-0.15, -0.1) is 0 Å². The lowest BCUT2D eigenvalue weighted by molar-refractivity contribution is 0.102. The molecule has 1 unspecified atom stereocenters. The highest BCUT2D eigenvalue weighted by Gasteiger charge is 2.48. The highest BCUT2D eigenvalue weighted by atomic mass is 32.2. The van der Waals surface area contributed by atoms with Crippen molar-refractivity contribution in [2.75, 3.05) is 16.0 Å². The second-order valence-electron chi connectivity index (χ2n) is 7.27. The van der Waals surface area contributed by atoms with Gasteiger partial charge in [0.15, 0.2) is 9.84 Å². The highest BCUT2D eigenvalue weighted by molar-refractivity contribution is 7.93. The van der Waals surface area contributed by atoms with Crippen molar-refractivity contribution < 1.29 is 18.3 Å². The number of nitrogens with one attached hydrogen (secondary N) is 3. The average Bonchev–Trinajstić information content (AvgIpc) is 2.73. The van der Waals surface area contributed by atoms with E-state index >= 15 is 0 Å². The number of amides is 1. The number of hydrogen-bond donors (Lipinski definition) is 4. The van der Waals surface area contributed by atoms with E-state index in [0.29, 0.717) is 5.56 Å². The molecule has 1 aromatic carbocycles. The van der Waals surface area contributed by atoms with Crippen LogP contribution in [0.4, 0.5) is 23.5 Å². The van der Waals surface area contributed by atoms with Gasteiger partial charge in [-0.05, 0) is 38.1 Å². The van der Waals surface area contributed by atoms with Crippen molar-refractivity contribution in [1.29, 1.82) is 0 Å². The first-order valence-electron chi connectivity index (χ1n) is 9.21. The zero-order valence-electron chi connectivity index (χ0n) is 16.6. The number of aliphatic hydroxyl groups excluding tert-OH is 1. The SMILES string of the molecule is CC1(C)C(O)Nc2nc(Nc3ncnc(NC(=O)c4ccccc4)n3)ccc2S1(=O)=O. The minimum Gasteiger partial charge on any atom is -0.372 e. The lowest BCUT2D eigenvalue weighted by Crippen LogP contribution is -2.51. The van der Waals surface area contributed by atoms with E-state index in [0.717, 1.165) is 0 Å². The Balaban J connectivity index is 1.55. The third-order valence-electron chi connectivity index (χ3n) is 4.85. The standard InChI is InChI=1S/C19H19N7O4S/c1-19(2)16(28)24-14-12(31(19,29)30)8-9-13(22-14)23-17-20-10-21-18(26-17)25-15(27)11-6-4-3-5-7-11/h3-10,16,28H,1-2H3,(H3,20,21,22,23,24,25,26,27). The Bertz CT molecular complexity index is 1250. The van der Waals surface area contributed by atoms with Gasteiger partial charge in [0.25, 0.3) is 5.91 Å². The Kier molecular flexibility index (Phi) is 5.03. The first-order chi connectivity index (χ1) is 14.7. The number of aliphatic hydroxyl groups is 1. The maximum atomic E-state index is 12.7. The molecule has 3 heterocycles. The van der Waals surface area contributed by atoms with Crippen LogP contribution in [-0.2, 0) is 9.84 Å². The summed E-state index contributed by atoms with van der Waals surface area (Å²) in [5, 5.41) is 18.3. The van der Waals surface area contributed by atoms with E-state index in [9.17, 15) is 18.3 Å². The summed E-state index contributed by atoms with van der Waals surface area (Å²) in [6.45, 7) is 2.87. The number of carbonyl (C=O) groups excluding carboxylic acids is 1. The molecular weight excluding hydrogens is 422 g/mol. The molecular formula is C19H19N7O4S. The maximum Gasteiger partial charge on any atom is 0.258 e. The number of aromatic nitrogens is 4. The first kappa shape index (κ1) is 20.6. The molecule has 0 spiro atoms. The summed E-state index contributed by atoms with van der Waals surface area (Å²) in [7, 11) is -3.80. The minimum atomic E-state index is -3.80. The number of hydrogen-bond acceptors (Lipinski definition) is 10. The fourth-order valence-electron chi connectivity index (χ4n) is 2.86. The van der Waals surface area contributed by atoms with Gasteiger partial charge in [0.2, 0.25) is 11.9 Å². The predicted octanol–water partition coefficient (Wildman–Crippen LogP) is 1.56. The molecule has 4 N–H and O–H groups in total. The molecule has 31 heavy (non-hydrogen) atoms. The largest absolute Gasteiger partial charge is 0.372 e. The summed E-state index contributed by atoms with van der Waals surface area (Å²) in [5.41, 5.74) is 0.447. The van der Waals surface area contributed by atoms with Gasteiger partial charge in [-0.1, -0.05) is 18.2 Å². The molecule has 0 saturated heterocycles. The molecule has 0 bridgehead atoms. The van der Waals surface area contributed by atoms with Crippen LogP contribution in [0.3, 0.4) is 0 Å². The molecule has 0 fully saturated rings. The van der Waals surface area contributed by atoms with Crippen LogP contribution < -0.4 is 16.0 Å². The molecule has 1 aliphatic rings. The van der Waals surface area contributed by atoms with E-state index < -0.39 is 20.8 Å². The smallest absolute Gasteiger partial charge is 0.258 e. The summed E-state index contributed by atoms with van der Waals surface area (Å²) in [5.74, 6) is -0.00779. The molecule has 160 valence electrons. The number of sulfone groups is 1. The molecule has 0 saturated carbocycles. The van der Waals surface area contributed by atoms with Crippen LogP contribution in [0, 0.1) is 0 Å². The van der Waals surface area contributed by atoms with Gasteiger partial charge in [0.1, 0.15) is 33.8 Å². The fraction of sp³-hybridized carbons (Fsp3) is 0.211. The van der Waals surface area contributed by atoms with E-state index in [-0.39, 0.29) is 34.3 Å². The van der Waals surface area contributed by atoms with Crippen molar-refractivity contribution in [3.05, 3.63) is 54.4 Å². The van der Waals surface area contributed by atoms with Crippen LogP contribution in [0.5, 0.6) is 0 Å². The zero-order chi connectivity index (χ0) is 22.2. The van der Waals surface area contributed by atoms with Gasteiger partial charge >= 0.3 is 0 Å². The van der Waals surface area contributed by atoms with E-state index in [1.807, 2.05) is 0 Å². The van der Waals surface area contributed by atoms with Crippen molar-refractivity contribution in [3.63, 3.8) is 0 Å². The number of fused-ring (bicyclic) bond motifs is 1. The third kappa shape index (κ3) is 3.78. The van der Waals surface area contributed by atoms with Crippen molar-refractivity contribution in [3.8, 4) is 0 Å². The molecule has 4 rings (SSSR count). The van der Waals surface area contributed by atoms with E-state index in [2.05, 4.69) is 35.9 Å². The lowest BCUT2D eigenvalue weighted by atomic mass is 10.1. The van der Waals surface area contributed by atoms with E-state index in [4.69, 9.17) is 0 Å². The first-order valence-corrected chi connectivity index (χ1v) is 10.7. The van der Waals surface area contributed by atoms with Gasteiger partial charge < -0.3 is 15.7 Å². The Morgan fingerprint density at radius 3 is 2.52 bits per heavy atom. The molecule has 11 nitrogen and oxygen atoms in total. The highest BCUT2D eigenvalue weighted by Crippen LogP contribution is 2.38. The number of rotatable bonds is 4. The van der Waals surface area contributed by atoms with Gasteiger partial charge in [0, 0.05) is 5.56 Å². The van der Waals surface area contributed by atoms with Crippen LogP contribution in [0.1, 0.15) is 24.2 Å². The van der Waals surface area contributed by atoms with Crippen LogP contribution in [0.25, 0.3) is 0 Å². The summed E-state index contributed by atoms with van der Waals surface area (Å²) in [4.78, 5) is 28.5. The minimum absolute atomic E-state index is 0.0141. The Labute approximate surface area is 177 Å². The van der Waals surface area contributed by atoms with Gasteiger partial charge in [-0.3, -0.25) is 10.1 Å². The number of benzene rings is 1. The van der Waals surface area contributed by atoms with Gasteiger partial charge in [-0.25, -0.2) is 23.4 Å². The van der Waals surface area contributed by atoms with Crippen molar-refractivity contribution in [2.45, 2.75) is 29.7 Å². The fourth-order valence-corrected chi connectivity index (χ4v) is 4.39. The zero-order valence-corrected chi connectivity index (χ0v) is 17.4. The summed E-state index contributed by atoms with van der Waals surface area (Å²) >= 11 is 0. The molecule has 1 amide bonds. The van der Waals surface area contributed by atoms with Gasteiger partial charge in [-0.2, -0.15) is 4.98 Å². The summed E-state index contributed by atoms with van der Waals surface area (Å²) in [6.07, 6.45) is -0.117. The number of carbonyl (C=O) groups is 1. The van der Waals surface area contributed by atoms with Gasteiger partial charge in [0.05, 0.1) is 0 Å². The number of anilines is 4. The van der Waals surface area contributed by atoms with Crippen molar-refractivity contribution in [2.24, 2.45) is 0 Å². The Hall–Kier alpha value is -3.64. The lowest BCUT2D eigenvalue weighted by Gasteiger charge is -2.36. The number of pyridine rings is 1. The maximum absolute atomic E-state index is 12.7. The molecule has 0 radical (unpaired) electrons. The van der Waals surface area contributed by atoms with Crippen LogP contribution in [-0.4, -0.2) is 50.3 Å². The second-order valence-corrected chi connectivity index (χ2v) is 9.77. The third-order valence-corrected chi connectivity index (χ3v) is 7.36.